The van der Waals surface area contributed by atoms with Gasteiger partial charge in [0.25, 0.3) is 0 Å². The Morgan fingerprint density at radius 2 is 1.87 bits per heavy atom. The minimum absolute atomic E-state index is 0.576. The van der Waals surface area contributed by atoms with Crippen molar-refractivity contribution in [2.45, 2.75) is 0 Å². The van der Waals surface area contributed by atoms with Gasteiger partial charge in [0.05, 0.1) is 5.69 Å². The average Bonchev–Trinajstić information content (AvgIpc) is 3.28. The third-order valence-corrected chi connectivity index (χ3v) is 3.95. The van der Waals surface area contributed by atoms with Crippen molar-refractivity contribution >= 4 is 22.3 Å². The first-order valence-corrected chi connectivity index (χ1v) is 7.74. The lowest BCUT2D eigenvalue weighted by molar-refractivity contribution is 0.881. The second-order valence-electron chi connectivity index (χ2n) is 4.69. The molecule has 0 fully saturated rings. The normalized spacial score (nSPS) is 10.6. The highest BCUT2D eigenvalue weighted by Crippen LogP contribution is 2.27. The predicted octanol–water partition coefficient (Wildman–Crippen LogP) is 3.13. The molecule has 3 heterocycles. The summed E-state index contributed by atoms with van der Waals surface area (Å²) < 4.78 is 0. The molecule has 2 N–H and O–H groups in total. The van der Waals surface area contributed by atoms with Crippen LogP contribution >= 0.6 is 11.3 Å². The zero-order valence-corrected chi connectivity index (χ0v) is 12.7. The second-order valence-corrected chi connectivity index (χ2v) is 5.55. The van der Waals surface area contributed by atoms with Gasteiger partial charge in [0.15, 0.2) is 5.13 Å². The summed E-state index contributed by atoms with van der Waals surface area (Å²) in [4.78, 5) is 8.81. The van der Waals surface area contributed by atoms with Crippen LogP contribution in [0.25, 0.3) is 22.6 Å². The van der Waals surface area contributed by atoms with E-state index in [9.17, 15) is 0 Å². The molecule has 0 radical (unpaired) electrons. The highest BCUT2D eigenvalue weighted by molar-refractivity contribution is 7.14. The Balaban J connectivity index is 1.54. The first kappa shape index (κ1) is 13.5. The summed E-state index contributed by atoms with van der Waals surface area (Å²) in [5.74, 6) is 1.35. The number of hydrogen-bond donors (Lipinski definition) is 2. The van der Waals surface area contributed by atoms with E-state index < -0.39 is 0 Å². The molecule has 0 atom stereocenters. The summed E-state index contributed by atoms with van der Waals surface area (Å²) in [6, 6.07) is 13.6. The van der Waals surface area contributed by atoms with Gasteiger partial charge in [-0.25, -0.2) is 9.97 Å². The van der Waals surface area contributed by atoms with Crippen molar-refractivity contribution in [3.05, 3.63) is 54.0 Å². The Morgan fingerprint density at radius 3 is 2.61 bits per heavy atom. The number of nitrogens with one attached hydrogen (secondary N) is 2. The van der Waals surface area contributed by atoms with Crippen molar-refractivity contribution in [3.8, 4) is 22.6 Å². The van der Waals surface area contributed by atoms with E-state index in [1.165, 1.54) is 11.3 Å². The first-order chi connectivity index (χ1) is 11.4. The molecule has 0 aliphatic rings. The maximum absolute atomic E-state index is 4.59. The number of hydrogen-bond acceptors (Lipinski definition) is 7. The van der Waals surface area contributed by atoms with E-state index >= 15 is 0 Å². The fourth-order valence-electron chi connectivity index (χ4n) is 2.08. The van der Waals surface area contributed by atoms with E-state index in [1.807, 2.05) is 47.8 Å². The van der Waals surface area contributed by atoms with Gasteiger partial charge in [-0.1, -0.05) is 30.3 Å². The molecular weight excluding hydrogens is 310 g/mol. The number of aromatic amines is 1. The highest BCUT2D eigenvalue weighted by Gasteiger charge is 2.07. The van der Waals surface area contributed by atoms with Crippen LogP contribution in [0.1, 0.15) is 0 Å². The third kappa shape index (κ3) is 2.92. The zero-order valence-electron chi connectivity index (χ0n) is 11.8. The minimum Gasteiger partial charge on any atom is -0.316 e. The number of anilines is 2. The number of nitrogens with zero attached hydrogens (tertiary/aromatic N) is 5. The van der Waals surface area contributed by atoms with Crippen LogP contribution in [0, 0.1) is 0 Å². The van der Waals surface area contributed by atoms with Crippen LogP contribution in [0.4, 0.5) is 10.9 Å². The standard InChI is InChI=1S/C15H11N7S/c1-2-8-16-13(3-1)18-15-17-12(9-23-15)10-4-6-11(7-5-10)14-19-21-22-20-14/h1-9H,(H,16,17,18)(H,19,20,21,22). The lowest BCUT2D eigenvalue weighted by Crippen LogP contribution is -1.91. The van der Waals surface area contributed by atoms with E-state index in [-0.39, 0.29) is 0 Å². The van der Waals surface area contributed by atoms with Gasteiger partial charge in [-0.05, 0) is 17.3 Å². The van der Waals surface area contributed by atoms with Crippen molar-refractivity contribution in [2.75, 3.05) is 5.32 Å². The molecule has 0 spiro atoms. The van der Waals surface area contributed by atoms with Crippen molar-refractivity contribution in [3.63, 3.8) is 0 Å². The van der Waals surface area contributed by atoms with Gasteiger partial charge in [0.1, 0.15) is 5.82 Å². The van der Waals surface area contributed by atoms with E-state index in [1.54, 1.807) is 6.20 Å². The Hall–Kier alpha value is -3.13. The maximum atomic E-state index is 4.59. The molecule has 8 heteroatoms. The molecular formula is C15H11N7S. The largest absolute Gasteiger partial charge is 0.316 e. The van der Waals surface area contributed by atoms with Crippen LogP contribution < -0.4 is 5.32 Å². The molecule has 4 rings (SSSR count). The van der Waals surface area contributed by atoms with Crippen molar-refractivity contribution < 1.29 is 0 Å². The van der Waals surface area contributed by atoms with E-state index in [2.05, 4.69) is 35.9 Å². The second kappa shape index (κ2) is 5.93. The van der Waals surface area contributed by atoms with Crippen molar-refractivity contribution in [1.82, 2.24) is 30.6 Å². The Morgan fingerprint density at radius 1 is 1.00 bits per heavy atom. The summed E-state index contributed by atoms with van der Waals surface area (Å²) in [7, 11) is 0. The number of aromatic nitrogens is 6. The van der Waals surface area contributed by atoms with Crippen LogP contribution in [-0.4, -0.2) is 30.6 Å². The number of pyridine rings is 1. The molecule has 0 amide bonds. The zero-order chi connectivity index (χ0) is 15.5. The monoisotopic (exact) mass is 321 g/mol. The molecule has 23 heavy (non-hydrogen) atoms. The Kier molecular flexibility index (Phi) is 3.49. The quantitative estimate of drug-likeness (QED) is 0.600. The van der Waals surface area contributed by atoms with Gasteiger partial charge in [0, 0.05) is 22.7 Å². The van der Waals surface area contributed by atoms with Gasteiger partial charge >= 0.3 is 0 Å². The molecule has 0 saturated heterocycles. The van der Waals surface area contributed by atoms with Crippen molar-refractivity contribution in [2.24, 2.45) is 0 Å². The van der Waals surface area contributed by atoms with E-state index in [0.29, 0.717) is 5.82 Å². The lowest BCUT2D eigenvalue weighted by Gasteiger charge is -2.00. The van der Waals surface area contributed by atoms with Gasteiger partial charge in [-0.2, -0.15) is 5.21 Å². The third-order valence-electron chi connectivity index (χ3n) is 3.19. The molecule has 4 aromatic rings. The molecule has 0 saturated carbocycles. The fraction of sp³-hybridized carbons (Fsp3) is 0. The molecule has 0 aliphatic carbocycles. The molecule has 3 aromatic heterocycles. The highest BCUT2D eigenvalue weighted by atomic mass is 32.1. The molecule has 1 aromatic carbocycles. The van der Waals surface area contributed by atoms with Gasteiger partial charge in [-0.15, -0.1) is 21.5 Å². The smallest absolute Gasteiger partial charge is 0.204 e. The van der Waals surface area contributed by atoms with Gasteiger partial charge in [-0.3, -0.25) is 0 Å². The van der Waals surface area contributed by atoms with Gasteiger partial charge in [0.2, 0.25) is 5.82 Å². The summed E-state index contributed by atoms with van der Waals surface area (Å²) in [6.45, 7) is 0. The van der Waals surface area contributed by atoms with Crippen LogP contribution in [0.2, 0.25) is 0 Å². The number of H-pyrrole nitrogens is 1. The van der Waals surface area contributed by atoms with Crippen LogP contribution in [0.15, 0.2) is 54.0 Å². The molecule has 0 aliphatic heterocycles. The molecule has 112 valence electrons. The average molecular weight is 321 g/mol. The number of benzene rings is 1. The van der Waals surface area contributed by atoms with E-state index in [4.69, 9.17) is 0 Å². The lowest BCUT2D eigenvalue weighted by atomic mass is 10.1. The minimum atomic E-state index is 0.576. The SMILES string of the molecule is c1ccc(Nc2nc(-c3ccc(-c4nn[nH]n4)cc3)cs2)nc1. The number of rotatable bonds is 4. The van der Waals surface area contributed by atoms with Gasteiger partial charge < -0.3 is 5.32 Å². The summed E-state index contributed by atoms with van der Waals surface area (Å²) in [5, 5.41) is 19.9. The van der Waals surface area contributed by atoms with Crippen LogP contribution in [0.3, 0.4) is 0 Å². The van der Waals surface area contributed by atoms with Crippen LogP contribution in [-0.2, 0) is 0 Å². The van der Waals surface area contributed by atoms with Crippen LogP contribution in [0.5, 0.6) is 0 Å². The Bertz CT molecular complexity index is 885. The number of thiazole rings is 1. The fourth-order valence-corrected chi connectivity index (χ4v) is 2.81. The summed E-state index contributed by atoms with van der Waals surface area (Å²) in [5.41, 5.74) is 2.85. The first-order valence-electron chi connectivity index (χ1n) is 6.86. The summed E-state index contributed by atoms with van der Waals surface area (Å²) >= 11 is 1.54. The Labute approximate surface area is 135 Å². The maximum Gasteiger partial charge on any atom is 0.204 e. The number of tetrazole rings is 1. The van der Waals surface area contributed by atoms with Crippen molar-refractivity contribution in [1.29, 1.82) is 0 Å². The summed E-state index contributed by atoms with van der Waals surface area (Å²) in [6.07, 6.45) is 1.74. The molecule has 0 unspecified atom stereocenters. The van der Waals surface area contributed by atoms with E-state index in [0.717, 1.165) is 27.8 Å². The molecule has 7 nitrogen and oxygen atoms in total. The molecule has 0 bridgehead atoms. The predicted molar refractivity (Wildman–Crippen MR) is 88.2 cm³/mol. The topological polar surface area (TPSA) is 92.3 Å².